The number of fused-ring (bicyclic) bond motifs is 2. The molecule has 2 aromatic carbocycles. The maximum atomic E-state index is 13.7. The van der Waals surface area contributed by atoms with Crippen molar-refractivity contribution in [2.45, 2.75) is 52.5 Å². The number of ketones is 1. The maximum absolute atomic E-state index is 13.7. The molecule has 6 rings (SSSR count). The summed E-state index contributed by atoms with van der Waals surface area (Å²) < 4.78 is 8.57. The Balaban J connectivity index is 1.46. The molecule has 0 bridgehead atoms. The Bertz CT molecular complexity index is 1890. The highest BCUT2D eigenvalue weighted by Crippen LogP contribution is 2.45. The zero-order valence-electron chi connectivity index (χ0n) is 24.1. The number of rotatable bonds is 9. The molecule has 0 aliphatic carbocycles. The lowest BCUT2D eigenvalue weighted by molar-refractivity contribution is -0.132. The van der Waals surface area contributed by atoms with Gasteiger partial charge in [0, 0.05) is 11.2 Å². The van der Waals surface area contributed by atoms with E-state index in [1.165, 1.54) is 22.7 Å². The van der Waals surface area contributed by atoms with E-state index in [9.17, 15) is 14.7 Å². The van der Waals surface area contributed by atoms with Gasteiger partial charge in [-0.05, 0) is 67.8 Å². The van der Waals surface area contributed by atoms with Crippen molar-refractivity contribution in [1.29, 1.82) is 0 Å². The topological polar surface area (TPSA) is 97.0 Å². The zero-order chi connectivity index (χ0) is 30.2. The zero-order valence-corrected chi connectivity index (χ0v) is 25.7. The molecule has 0 saturated carbocycles. The van der Waals surface area contributed by atoms with E-state index in [1.807, 2.05) is 60.8 Å². The van der Waals surface area contributed by atoms with Gasteiger partial charge in [-0.15, -0.1) is 0 Å². The second-order valence-corrected chi connectivity index (χ2v) is 12.1. The number of imidazole rings is 1. The number of Topliss-reactive ketones (excluding diaryl/α,β-unsaturated/α-hetero) is 1. The first-order valence-corrected chi connectivity index (χ1v) is 15.5. The summed E-state index contributed by atoms with van der Waals surface area (Å²) in [6.45, 7) is 6.53. The van der Waals surface area contributed by atoms with Crippen molar-refractivity contribution < 1.29 is 19.4 Å². The van der Waals surface area contributed by atoms with Crippen molar-refractivity contribution in [2.75, 3.05) is 11.5 Å². The summed E-state index contributed by atoms with van der Waals surface area (Å²) in [5, 5.41) is 12.6. The molecule has 4 heterocycles. The van der Waals surface area contributed by atoms with Gasteiger partial charge in [0.25, 0.3) is 5.78 Å². The van der Waals surface area contributed by atoms with E-state index in [0.717, 1.165) is 29.5 Å². The minimum Gasteiger partial charge on any atom is -0.505 e. The van der Waals surface area contributed by atoms with Gasteiger partial charge >= 0.3 is 5.91 Å². The third-order valence-corrected chi connectivity index (χ3v) is 9.01. The van der Waals surface area contributed by atoms with Gasteiger partial charge in [-0.1, -0.05) is 67.3 Å². The van der Waals surface area contributed by atoms with E-state index in [1.54, 1.807) is 18.2 Å². The Hall–Kier alpha value is -4.21. The smallest absolute Gasteiger partial charge is 0.301 e. The lowest BCUT2D eigenvalue weighted by Gasteiger charge is -2.23. The number of carbonyl (C=O) groups is 2. The van der Waals surface area contributed by atoms with Crippen molar-refractivity contribution in [1.82, 2.24) is 14.4 Å². The van der Waals surface area contributed by atoms with E-state index < -0.39 is 17.7 Å². The van der Waals surface area contributed by atoms with Crippen LogP contribution in [-0.2, 0) is 9.59 Å². The van der Waals surface area contributed by atoms with Gasteiger partial charge < -0.3 is 14.2 Å². The van der Waals surface area contributed by atoms with Crippen LogP contribution in [0.25, 0.3) is 21.6 Å². The van der Waals surface area contributed by atoms with Crippen molar-refractivity contribution in [3.8, 4) is 5.75 Å². The molecule has 1 N–H and O–H groups in total. The molecule has 10 heteroatoms. The van der Waals surface area contributed by atoms with Crippen molar-refractivity contribution >= 4 is 61.4 Å². The second kappa shape index (κ2) is 11.8. The number of thiazole rings is 1. The molecule has 0 spiro atoms. The number of pyridine rings is 1. The molecule has 43 heavy (non-hydrogen) atoms. The van der Waals surface area contributed by atoms with Crippen molar-refractivity contribution in [2.24, 2.45) is 0 Å². The van der Waals surface area contributed by atoms with Crippen LogP contribution in [0.1, 0.15) is 61.2 Å². The quantitative estimate of drug-likeness (QED) is 0.0787. The number of aromatic nitrogens is 3. The van der Waals surface area contributed by atoms with Crippen molar-refractivity contribution in [3.63, 3.8) is 0 Å². The Morgan fingerprint density at radius 2 is 1.84 bits per heavy atom. The third kappa shape index (κ3) is 5.28. The number of aliphatic hydroxyl groups excluding tert-OH is 1. The van der Waals surface area contributed by atoms with Crippen LogP contribution >= 0.6 is 22.9 Å². The van der Waals surface area contributed by atoms with Crippen LogP contribution in [0.15, 0.2) is 66.4 Å². The lowest BCUT2D eigenvalue weighted by Crippen LogP contribution is -2.29. The van der Waals surface area contributed by atoms with Crippen LogP contribution in [0.4, 0.5) is 5.13 Å². The minimum absolute atomic E-state index is 0.0420. The summed E-state index contributed by atoms with van der Waals surface area (Å²) in [5.41, 5.74) is 3.73. The number of anilines is 1. The number of hydrogen-bond acceptors (Lipinski definition) is 7. The molecule has 3 aromatic heterocycles. The molecule has 1 unspecified atom stereocenters. The molecule has 8 nitrogen and oxygen atoms in total. The molecular formula is C33H31ClN4O4S. The van der Waals surface area contributed by atoms with E-state index in [2.05, 4.69) is 16.9 Å². The van der Waals surface area contributed by atoms with Crippen molar-refractivity contribution in [3.05, 3.63) is 93.9 Å². The van der Waals surface area contributed by atoms with Gasteiger partial charge in [-0.25, -0.2) is 9.97 Å². The van der Waals surface area contributed by atoms with Crippen LogP contribution in [-0.4, -0.2) is 37.8 Å². The Labute approximate surface area is 258 Å². The Morgan fingerprint density at radius 1 is 1.05 bits per heavy atom. The molecule has 1 atom stereocenters. The number of benzene rings is 2. The molecular weight excluding hydrogens is 584 g/mol. The summed E-state index contributed by atoms with van der Waals surface area (Å²) in [7, 11) is 0. The fraction of sp³-hybridized carbons (Fsp3) is 0.273. The summed E-state index contributed by atoms with van der Waals surface area (Å²) in [6, 6.07) is 15.5. The number of aliphatic hydroxyl groups is 1. The fourth-order valence-electron chi connectivity index (χ4n) is 5.47. The highest BCUT2D eigenvalue weighted by Gasteiger charge is 2.48. The van der Waals surface area contributed by atoms with Crippen LogP contribution in [0, 0.1) is 13.8 Å². The summed E-state index contributed by atoms with van der Waals surface area (Å²) in [6.07, 6.45) is 6.25. The Kier molecular flexibility index (Phi) is 7.94. The summed E-state index contributed by atoms with van der Waals surface area (Å²) in [4.78, 5) is 38.2. The van der Waals surface area contributed by atoms with Crippen LogP contribution in [0.5, 0.6) is 5.75 Å². The standard InChI is InChI=1S/C33H31ClN4O4S/c1-4-5-6-7-17-42-23-13-10-21(11-14-23)28-26(29(39)27-20(3)37-16-8-9-19(2)31(37)36-27)30(40)32(41)38(28)33-35-24-15-12-22(34)18-25(24)43-33/h8-16,18,28,39H,4-7,17H2,1-3H3. The third-order valence-electron chi connectivity index (χ3n) is 7.76. The monoisotopic (exact) mass is 614 g/mol. The van der Waals surface area contributed by atoms with Crippen LogP contribution in [0.3, 0.4) is 0 Å². The van der Waals surface area contributed by atoms with Gasteiger partial charge in [0.1, 0.15) is 17.1 Å². The number of amides is 1. The highest BCUT2D eigenvalue weighted by atomic mass is 35.5. The SMILES string of the molecule is CCCCCCOc1ccc(C2C(=C(O)c3nc4c(C)cccn4c3C)C(=O)C(=O)N2c2nc3ccc(Cl)cc3s2)cc1. The molecule has 1 saturated heterocycles. The number of unbranched alkanes of at least 4 members (excludes halogenated alkanes) is 3. The predicted molar refractivity (Wildman–Crippen MR) is 170 cm³/mol. The molecule has 1 fully saturated rings. The van der Waals surface area contributed by atoms with Crippen LogP contribution < -0.4 is 9.64 Å². The molecule has 5 aromatic rings. The van der Waals surface area contributed by atoms with Gasteiger partial charge in [0.2, 0.25) is 0 Å². The van der Waals surface area contributed by atoms with Crippen LogP contribution in [0.2, 0.25) is 5.02 Å². The Morgan fingerprint density at radius 3 is 2.58 bits per heavy atom. The second-order valence-electron chi connectivity index (χ2n) is 10.7. The normalized spacial score (nSPS) is 16.6. The molecule has 0 radical (unpaired) electrons. The fourth-order valence-corrected chi connectivity index (χ4v) is 6.74. The number of hydrogen-bond donors (Lipinski definition) is 1. The van der Waals surface area contributed by atoms with E-state index in [-0.39, 0.29) is 17.0 Å². The first-order chi connectivity index (χ1) is 20.8. The average molecular weight is 615 g/mol. The van der Waals surface area contributed by atoms with Gasteiger partial charge in [0.05, 0.1) is 34.1 Å². The molecule has 220 valence electrons. The number of aryl methyl sites for hydroxylation is 2. The number of nitrogens with zero attached hydrogens (tertiary/aromatic N) is 4. The largest absolute Gasteiger partial charge is 0.505 e. The number of ether oxygens (including phenoxy) is 1. The number of halogens is 1. The lowest BCUT2D eigenvalue weighted by atomic mass is 9.96. The van der Waals surface area contributed by atoms with Gasteiger partial charge in [0.15, 0.2) is 10.9 Å². The molecule has 1 amide bonds. The number of carbonyl (C=O) groups excluding carboxylic acids is 2. The minimum atomic E-state index is -0.931. The van der Waals surface area contributed by atoms with Gasteiger partial charge in [-0.3, -0.25) is 14.5 Å². The average Bonchev–Trinajstić information content (AvgIpc) is 3.65. The van der Waals surface area contributed by atoms with E-state index >= 15 is 0 Å². The molecule has 1 aliphatic heterocycles. The first-order valence-electron chi connectivity index (χ1n) is 14.3. The summed E-state index contributed by atoms with van der Waals surface area (Å²) >= 11 is 7.48. The highest BCUT2D eigenvalue weighted by molar-refractivity contribution is 7.22. The van der Waals surface area contributed by atoms with E-state index in [0.29, 0.717) is 44.9 Å². The maximum Gasteiger partial charge on any atom is 0.301 e. The summed E-state index contributed by atoms with van der Waals surface area (Å²) in [5.74, 6) is -1.21. The van der Waals surface area contributed by atoms with E-state index in [4.69, 9.17) is 16.3 Å². The van der Waals surface area contributed by atoms with Gasteiger partial charge in [-0.2, -0.15) is 0 Å². The molecule has 1 aliphatic rings. The first kappa shape index (κ1) is 28.9. The predicted octanol–water partition coefficient (Wildman–Crippen LogP) is 7.80.